The molecule has 1 aromatic rings. The van der Waals surface area contributed by atoms with E-state index in [-0.39, 0.29) is 30.6 Å². The Bertz CT molecular complexity index is 566. The van der Waals surface area contributed by atoms with Crippen molar-refractivity contribution in [2.45, 2.75) is 45.7 Å². The fraction of sp³-hybridized carbons (Fsp3) is 0.556. The maximum atomic E-state index is 12.0. The van der Waals surface area contributed by atoms with Crippen LogP contribution < -0.4 is 15.4 Å². The van der Waals surface area contributed by atoms with Crippen molar-refractivity contribution in [3.05, 3.63) is 29.8 Å². The van der Waals surface area contributed by atoms with E-state index >= 15 is 0 Å². The summed E-state index contributed by atoms with van der Waals surface area (Å²) >= 11 is 0. The maximum Gasteiger partial charge on any atom is 0.317 e. The summed E-state index contributed by atoms with van der Waals surface area (Å²) in [5.74, 6) is 0.608. The second-order valence-corrected chi connectivity index (χ2v) is 6.49. The van der Waals surface area contributed by atoms with Gasteiger partial charge in [0.05, 0.1) is 0 Å². The number of nitrogens with zero attached hydrogens (tertiary/aromatic N) is 1. The summed E-state index contributed by atoms with van der Waals surface area (Å²) in [6.45, 7) is 7.16. The predicted molar refractivity (Wildman–Crippen MR) is 93.1 cm³/mol. The lowest BCUT2D eigenvalue weighted by atomic mass is 10.1. The number of piperidine rings is 1. The van der Waals surface area contributed by atoms with Crippen molar-refractivity contribution in [2.24, 2.45) is 0 Å². The average Bonchev–Trinajstić information content (AvgIpc) is 2.54. The van der Waals surface area contributed by atoms with E-state index in [1.807, 2.05) is 45.0 Å². The minimum atomic E-state index is -0.122. The van der Waals surface area contributed by atoms with Crippen molar-refractivity contribution in [2.75, 3.05) is 19.7 Å². The highest BCUT2D eigenvalue weighted by Crippen LogP contribution is 2.16. The highest BCUT2D eigenvalue weighted by Gasteiger charge is 2.24. The molecular weight excluding hydrogens is 306 g/mol. The Morgan fingerprint density at radius 1 is 1.25 bits per heavy atom. The summed E-state index contributed by atoms with van der Waals surface area (Å²) in [5, 5.41) is 5.88. The first kappa shape index (κ1) is 18.1. The van der Waals surface area contributed by atoms with Crippen LogP contribution in [0.15, 0.2) is 24.3 Å². The number of rotatable bonds is 5. The molecule has 1 aliphatic heterocycles. The van der Waals surface area contributed by atoms with Gasteiger partial charge in [-0.05, 0) is 45.2 Å². The molecule has 2 rings (SSSR count). The number of hydrogen-bond acceptors (Lipinski definition) is 3. The van der Waals surface area contributed by atoms with Crippen LogP contribution in [0.1, 0.15) is 32.3 Å². The molecule has 0 aliphatic carbocycles. The third-order valence-corrected chi connectivity index (χ3v) is 4.01. The molecule has 0 radical (unpaired) electrons. The van der Waals surface area contributed by atoms with E-state index in [0.717, 1.165) is 24.2 Å². The van der Waals surface area contributed by atoms with Crippen molar-refractivity contribution in [1.29, 1.82) is 0 Å². The number of para-hydroxylation sites is 1. The smallest absolute Gasteiger partial charge is 0.317 e. The molecule has 6 nitrogen and oxygen atoms in total. The van der Waals surface area contributed by atoms with Crippen LogP contribution in [-0.4, -0.2) is 48.6 Å². The van der Waals surface area contributed by atoms with E-state index < -0.39 is 0 Å². The molecule has 0 bridgehead atoms. The van der Waals surface area contributed by atoms with Crippen molar-refractivity contribution in [3.8, 4) is 5.75 Å². The van der Waals surface area contributed by atoms with Crippen LogP contribution >= 0.6 is 0 Å². The van der Waals surface area contributed by atoms with Crippen LogP contribution in [-0.2, 0) is 4.79 Å². The number of likely N-dealkylation sites (tertiary alicyclic amines) is 1. The molecule has 24 heavy (non-hydrogen) atoms. The number of nitrogens with one attached hydrogen (secondary N) is 2. The zero-order chi connectivity index (χ0) is 17.5. The van der Waals surface area contributed by atoms with E-state index in [4.69, 9.17) is 4.74 Å². The molecule has 1 heterocycles. The predicted octanol–water partition coefficient (Wildman–Crippen LogP) is 2.07. The van der Waals surface area contributed by atoms with Gasteiger partial charge in [0.2, 0.25) is 0 Å². The number of benzene rings is 1. The van der Waals surface area contributed by atoms with Crippen LogP contribution in [0.5, 0.6) is 5.75 Å². The zero-order valence-corrected chi connectivity index (χ0v) is 14.7. The van der Waals surface area contributed by atoms with Gasteiger partial charge in [0.15, 0.2) is 6.61 Å². The van der Waals surface area contributed by atoms with Gasteiger partial charge in [-0.15, -0.1) is 0 Å². The lowest BCUT2D eigenvalue weighted by Crippen LogP contribution is -2.51. The largest absolute Gasteiger partial charge is 0.484 e. The fourth-order valence-electron chi connectivity index (χ4n) is 2.70. The molecule has 6 heteroatoms. The van der Waals surface area contributed by atoms with Gasteiger partial charge in [-0.1, -0.05) is 18.2 Å². The number of aryl methyl sites for hydroxylation is 1. The number of ether oxygens (including phenoxy) is 1. The van der Waals surface area contributed by atoms with Crippen LogP contribution in [0.25, 0.3) is 0 Å². The summed E-state index contributed by atoms with van der Waals surface area (Å²) in [5.41, 5.74) is 1.01. The Kier molecular flexibility index (Phi) is 6.46. The van der Waals surface area contributed by atoms with Crippen molar-refractivity contribution < 1.29 is 14.3 Å². The van der Waals surface area contributed by atoms with Gasteiger partial charge in [0.25, 0.3) is 5.91 Å². The third kappa shape index (κ3) is 5.44. The number of hydrogen-bond donors (Lipinski definition) is 2. The van der Waals surface area contributed by atoms with Gasteiger partial charge in [-0.25, -0.2) is 4.79 Å². The summed E-state index contributed by atoms with van der Waals surface area (Å²) in [6.07, 6.45) is 1.53. The number of carbonyl (C=O) groups is 2. The van der Waals surface area contributed by atoms with Gasteiger partial charge < -0.3 is 20.3 Å². The van der Waals surface area contributed by atoms with Crippen molar-refractivity contribution in [1.82, 2.24) is 15.5 Å². The Morgan fingerprint density at radius 2 is 1.92 bits per heavy atom. The van der Waals surface area contributed by atoms with E-state index in [0.29, 0.717) is 13.1 Å². The van der Waals surface area contributed by atoms with Gasteiger partial charge in [0, 0.05) is 25.2 Å². The summed E-state index contributed by atoms with van der Waals surface area (Å²) < 4.78 is 5.56. The molecule has 0 aromatic heterocycles. The van der Waals surface area contributed by atoms with Crippen molar-refractivity contribution in [3.63, 3.8) is 0 Å². The Balaban J connectivity index is 1.70. The normalized spacial score (nSPS) is 15.2. The van der Waals surface area contributed by atoms with Crippen LogP contribution in [0.4, 0.5) is 4.79 Å². The van der Waals surface area contributed by atoms with Gasteiger partial charge >= 0.3 is 6.03 Å². The summed E-state index contributed by atoms with van der Waals surface area (Å²) in [4.78, 5) is 25.8. The van der Waals surface area contributed by atoms with Crippen LogP contribution in [0.2, 0.25) is 0 Å². The average molecular weight is 333 g/mol. The Hall–Kier alpha value is -2.24. The van der Waals surface area contributed by atoms with Gasteiger partial charge in [0.1, 0.15) is 5.75 Å². The molecule has 0 spiro atoms. The Morgan fingerprint density at radius 3 is 2.54 bits per heavy atom. The minimum Gasteiger partial charge on any atom is -0.484 e. The lowest BCUT2D eigenvalue weighted by Gasteiger charge is -2.32. The first-order valence-corrected chi connectivity index (χ1v) is 8.49. The molecular formula is C18H27N3O3. The molecule has 1 aromatic carbocycles. The zero-order valence-electron chi connectivity index (χ0n) is 14.7. The third-order valence-electron chi connectivity index (χ3n) is 4.01. The molecule has 3 amide bonds. The standard InChI is InChI=1S/C18H27N3O3/c1-13(2)19-18(23)21-10-8-15(9-11-21)20-17(22)12-24-16-7-5-4-6-14(16)3/h4-7,13,15H,8-12H2,1-3H3,(H,19,23)(H,20,22). The minimum absolute atomic E-state index is 0.0128. The van der Waals surface area contributed by atoms with Crippen LogP contribution in [0.3, 0.4) is 0 Å². The highest BCUT2D eigenvalue weighted by molar-refractivity contribution is 5.78. The molecule has 0 saturated carbocycles. The topological polar surface area (TPSA) is 70.7 Å². The molecule has 132 valence electrons. The van der Waals surface area contributed by atoms with E-state index in [9.17, 15) is 9.59 Å². The lowest BCUT2D eigenvalue weighted by molar-refractivity contribution is -0.124. The molecule has 1 saturated heterocycles. The van der Waals surface area contributed by atoms with Gasteiger partial charge in [-0.2, -0.15) is 0 Å². The fourth-order valence-corrected chi connectivity index (χ4v) is 2.70. The van der Waals surface area contributed by atoms with Crippen molar-refractivity contribution >= 4 is 11.9 Å². The molecule has 0 unspecified atom stereocenters. The number of amides is 3. The second kappa shape index (κ2) is 8.57. The summed E-state index contributed by atoms with van der Waals surface area (Å²) in [6, 6.07) is 7.83. The number of carbonyl (C=O) groups excluding carboxylic acids is 2. The monoisotopic (exact) mass is 333 g/mol. The second-order valence-electron chi connectivity index (χ2n) is 6.49. The quantitative estimate of drug-likeness (QED) is 0.866. The molecule has 1 aliphatic rings. The first-order chi connectivity index (χ1) is 11.5. The van der Waals surface area contributed by atoms with E-state index in [1.54, 1.807) is 4.90 Å². The molecule has 1 fully saturated rings. The maximum absolute atomic E-state index is 12.0. The van der Waals surface area contributed by atoms with Gasteiger partial charge in [-0.3, -0.25) is 4.79 Å². The van der Waals surface area contributed by atoms with E-state index in [2.05, 4.69) is 10.6 Å². The number of urea groups is 1. The highest BCUT2D eigenvalue weighted by atomic mass is 16.5. The summed E-state index contributed by atoms with van der Waals surface area (Å²) in [7, 11) is 0. The molecule has 0 atom stereocenters. The molecule has 2 N–H and O–H groups in total. The van der Waals surface area contributed by atoms with E-state index in [1.165, 1.54) is 0 Å². The Labute approximate surface area is 143 Å². The SMILES string of the molecule is Cc1ccccc1OCC(=O)NC1CCN(C(=O)NC(C)C)CC1. The first-order valence-electron chi connectivity index (χ1n) is 8.49. The van der Waals surface area contributed by atoms with Crippen LogP contribution in [0, 0.1) is 6.92 Å².